The molecule has 2 N–H and O–H groups in total. The maximum atomic E-state index is 11.2. The summed E-state index contributed by atoms with van der Waals surface area (Å²) in [4.78, 5) is 11.2. The Bertz CT molecular complexity index is 523. The lowest BCUT2D eigenvalue weighted by Crippen LogP contribution is -2.51. The molecular weight excluding hydrogens is 306 g/mol. The minimum Gasteiger partial charge on any atom is -0.465 e. The van der Waals surface area contributed by atoms with Crippen molar-refractivity contribution in [3.05, 3.63) is 48.6 Å². The quantitative estimate of drug-likeness (QED) is 0.572. The first kappa shape index (κ1) is 19.5. The van der Waals surface area contributed by atoms with E-state index >= 15 is 0 Å². The van der Waals surface area contributed by atoms with E-state index in [0.717, 1.165) is 5.56 Å². The summed E-state index contributed by atoms with van der Waals surface area (Å²) in [5.41, 5.74) is 1.07. The molecule has 0 saturated heterocycles. The summed E-state index contributed by atoms with van der Waals surface area (Å²) >= 11 is 0. The first-order chi connectivity index (χ1) is 10.6. The van der Waals surface area contributed by atoms with E-state index in [1.807, 2.05) is 30.3 Å². The number of hydrogen-bond acceptors (Lipinski definition) is 2. The third-order valence-corrected chi connectivity index (χ3v) is 8.95. The van der Waals surface area contributed by atoms with Crippen molar-refractivity contribution >= 4 is 14.4 Å². The molecule has 0 radical (unpaired) electrons. The van der Waals surface area contributed by atoms with Gasteiger partial charge in [0.25, 0.3) is 0 Å². The van der Waals surface area contributed by atoms with Crippen molar-refractivity contribution in [1.29, 1.82) is 0 Å². The number of rotatable bonds is 7. The van der Waals surface area contributed by atoms with E-state index in [2.05, 4.69) is 45.8 Å². The van der Waals surface area contributed by atoms with E-state index in [9.17, 15) is 9.90 Å². The molecule has 1 rings (SSSR count). The van der Waals surface area contributed by atoms with Gasteiger partial charge >= 0.3 is 6.09 Å². The topological polar surface area (TPSA) is 58.6 Å². The van der Waals surface area contributed by atoms with Crippen LogP contribution in [0, 0.1) is 0 Å². The monoisotopic (exact) mass is 335 g/mol. The van der Waals surface area contributed by atoms with E-state index in [1.165, 1.54) is 0 Å². The highest BCUT2D eigenvalue weighted by Gasteiger charge is 2.40. The second kappa shape index (κ2) is 7.79. The molecule has 0 heterocycles. The largest absolute Gasteiger partial charge is 0.465 e. The Morgan fingerprint density at radius 1 is 1.35 bits per heavy atom. The van der Waals surface area contributed by atoms with Crippen molar-refractivity contribution in [3.63, 3.8) is 0 Å². The molecule has 0 aliphatic rings. The molecular formula is C18H29NO3Si. The smallest absolute Gasteiger partial charge is 0.404 e. The number of amides is 1. The van der Waals surface area contributed by atoms with Crippen molar-refractivity contribution in [2.24, 2.45) is 0 Å². The molecule has 1 aromatic carbocycles. The Balaban J connectivity index is 2.98. The van der Waals surface area contributed by atoms with Crippen LogP contribution < -0.4 is 5.32 Å². The molecule has 0 aliphatic carbocycles. The average molecular weight is 336 g/mol. The van der Waals surface area contributed by atoms with Crippen LogP contribution in [0.1, 0.15) is 26.3 Å². The lowest BCUT2D eigenvalue weighted by molar-refractivity contribution is 0.154. The predicted molar refractivity (Wildman–Crippen MR) is 97.4 cm³/mol. The predicted octanol–water partition coefficient (Wildman–Crippen LogP) is 4.44. The SMILES string of the molecule is C=C[C@H](O[Si](C)(C)C(C)(C)C)[C@H](Cc1ccccc1)NC(=O)O. The van der Waals surface area contributed by atoms with Crippen LogP contribution in [-0.2, 0) is 10.8 Å². The van der Waals surface area contributed by atoms with Gasteiger partial charge in [0.1, 0.15) is 0 Å². The minimum absolute atomic E-state index is 0.0504. The van der Waals surface area contributed by atoms with Gasteiger partial charge in [-0.05, 0) is 30.1 Å². The summed E-state index contributed by atoms with van der Waals surface area (Å²) in [5.74, 6) is 0. The molecule has 2 atom stereocenters. The van der Waals surface area contributed by atoms with E-state index in [0.29, 0.717) is 6.42 Å². The Morgan fingerprint density at radius 2 is 1.91 bits per heavy atom. The summed E-state index contributed by atoms with van der Waals surface area (Å²) in [6.45, 7) is 14.7. The van der Waals surface area contributed by atoms with Gasteiger partial charge in [-0.1, -0.05) is 57.2 Å². The molecule has 0 unspecified atom stereocenters. The zero-order chi connectivity index (χ0) is 17.7. The van der Waals surface area contributed by atoms with Gasteiger partial charge < -0.3 is 14.8 Å². The summed E-state index contributed by atoms with van der Waals surface area (Å²) in [6.07, 6.45) is 0.881. The summed E-state index contributed by atoms with van der Waals surface area (Å²) in [6, 6.07) is 9.46. The molecule has 23 heavy (non-hydrogen) atoms. The molecule has 0 aromatic heterocycles. The van der Waals surface area contributed by atoms with Crippen LogP contribution in [0.5, 0.6) is 0 Å². The van der Waals surface area contributed by atoms with Gasteiger partial charge in [-0.3, -0.25) is 0 Å². The number of carboxylic acid groups (broad SMARTS) is 1. The molecule has 128 valence electrons. The zero-order valence-electron chi connectivity index (χ0n) is 14.8. The van der Waals surface area contributed by atoms with Crippen molar-refractivity contribution in [2.45, 2.75) is 57.5 Å². The van der Waals surface area contributed by atoms with Crippen molar-refractivity contribution in [2.75, 3.05) is 0 Å². The molecule has 1 amide bonds. The van der Waals surface area contributed by atoms with Gasteiger partial charge in [0.05, 0.1) is 12.1 Å². The molecule has 1 aromatic rings. The van der Waals surface area contributed by atoms with Crippen LogP contribution in [0.25, 0.3) is 0 Å². The van der Waals surface area contributed by atoms with Crippen molar-refractivity contribution in [3.8, 4) is 0 Å². The number of carbonyl (C=O) groups is 1. The van der Waals surface area contributed by atoms with E-state index in [1.54, 1.807) is 6.08 Å². The van der Waals surface area contributed by atoms with E-state index in [-0.39, 0.29) is 17.2 Å². The van der Waals surface area contributed by atoms with Crippen molar-refractivity contribution in [1.82, 2.24) is 5.32 Å². The lowest BCUT2D eigenvalue weighted by Gasteiger charge is -2.40. The highest BCUT2D eigenvalue weighted by molar-refractivity contribution is 6.74. The van der Waals surface area contributed by atoms with Gasteiger partial charge in [-0.15, -0.1) is 6.58 Å². The number of nitrogens with one attached hydrogen (secondary N) is 1. The second-order valence-electron chi connectivity index (χ2n) is 7.32. The third-order valence-electron chi connectivity index (χ3n) is 4.47. The number of benzene rings is 1. The van der Waals surface area contributed by atoms with Gasteiger partial charge in [0.15, 0.2) is 8.32 Å². The summed E-state index contributed by atoms with van der Waals surface area (Å²) in [5, 5.41) is 11.8. The van der Waals surface area contributed by atoms with Crippen LogP contribution in [0.2, 0.25) is 18.1 Å². The summed E-state index contributed by atoms with van der Waals surface area (Å²) in [7, 11) is -2.02. The average Bonchev–Trinajstić information content (AvgIpc) is 2.43. The van der Waals surface area contributed by atoms with Crippen LogP contribution in [-0.4, -0.2) is 31.7 Å². The third kappa shape index (κ3) is 5.84. The van der Waals surface area contributed by atoms with Crippen LogP contribution in [0.4, 0.5) is 4.79 Å². The number of hydrogen-bond donors (Lipinski definition) is 2. The van der Waals surface area contributed by atoms with Crippen LogP contribution >= 0.6 is 0 Å². The highest BCUT2D eigenvalue weighted by atomic mass is 28.4. The molecule has 0 aliphatic heterocycles. The van der Waals surface area contributed by atoms with Crippen molar-refractivity contribution < 1.29 is 14.3 Å². The molecule has 0 bridgehead atoms. The van der Waals surface area contributed by atoms with Crippen LogP contribution in [0.15, 0.2) is 43.0 Å². The normalized spacial score (nSPS) is 14.8. The molecule has 5 heteroatoms. The fourth-order valence-electron chi connectivity index (χ4n) is 2.09. The molecule has 0 spiro atoms. The van der Waals surface area contributed by atoms with Crippen LogP contribution in [0.3, 0.4) is 0 Å². The van der Waals surface area contributed by atoms with E-state index in [4.69, 9.17) is 4.43 Å². The standard InChI is InChI=1S/C18H29NO3Si/c1-7-16(22-23(5,6)18(2,3)4)15(19-17(20)21)13-14-11-9-8-10-12-14/h7-12,15-16,19H,1,13H2,2-6H3,(H,20,21)/t15-,16-/m0/s1. The Kier molecular flexibility index (Phi) is 6.59. The van der Waals surface area contributed by atoms with Gasteiger partial charge in [0, 0.05) is 0 Å². The van der Waals surface area contributed by atoms with Gasteiger partial charge in [0.2, 0.25) is 0 Å². The first-order valence-electron chi connectivity index (χ1n) is 7.90. The van der Waals surface area contributed by atoms with Gasteiger partial charge in [-0.25, -0.2) is 4.79 Å². The molecule has 0 saturated carbocycles. The second-order valence-corrected chi connectivity index (χ2v) is 12.1. The first-order valence-corrected chi connectivity index (χ1v) is 10.8. The van der Waals surface area contributed by atoms with E-state index < -0.39 is 14.4 Å². The fourth-order valence-corrected chi connectivity index (χ4v) is 3.38. The summed E-state index contributed by atoms with van der Waals surface area (Å²) < 4.78 is 6.38. The lowest BCUT2D eigenvalue weighted by atomic mass is 10.0. The Hall–Kier alpha value is -1.59. The highest BCUT2D eigenvalue weighted by Crippen LogP contribution is 2.37. The fraction of sp³-hybridized carbons (Fsp3) is 0.500. The zero-order valence-corrected chi connectivity index (χ0v) is 15.8. The van der Waals surface area contributed by atoms with Gasteiger partial charge in [-0.2, -0.15) is 0 Å². The minimum atomic E-state index is -2.02. The Labute approximate surface area is 140 Å². The molecule has 0 fully saturated rings. The maximum Gasteiger partial charge on any atom is 0.404 e. The Morgan fingerprint density at radius 3 is 2.35 bits per heavy atom. The maximum absolute atomic E-state index is 11.2. The molecule has 4 nitrogen and oxygen atoms in total.